The molecule has 0 spiro atoms. The molecule has 0 saturated heterocycles. The molecule has 0 bridgehead atoms. The van der Waals surface area contributed by atoms with E-state index in [9.17, 15) is 0 Å². The Labute approximate surface area is 248 Å². The van der Waals surface area contributed by atoms with Crippen molar-refractivity contribution in [2.24, 2.45) is 0 Å². The number of fused-ring (bicyclic) bond motifs is 10. The Morgan fingerprint density at radius 2 is 1.00 bits per heavy atom. The maximum atomic E-state index is 2.62. The molecule has 0 saturated carbocycles. The highest BCUT2D eigenvalue weighted by Crippen LogP contribution is 2.46. The van der Waals surface area contributed by atoms with Crippen LogP contribution in [0.5, 0.6) is 0 Å². The van der Waals surface area contributed by atoms with Crippen LogP contribution in [0.3, 0.4) is 0 Å². The van der Waals surface area contributed by atoms with Gasteiger partial charge in [-0.25, -0.2) is 0 Å². The molecule has 0 atom stereocenters. The lowest BCUT2D eigenvalue weighted by atomic mass is 9.39. The minimum Gasteiger partial charge on any atom is -0.382 e. The molecule has 5 heteroatoms. The fourth-order valence-corrected chi connectivity index (χ4v) is 9.20. The molecule has 0 unspecified atom stereocenters. The molecule has 0 N–H and O–H groups in total. The summed E-state index contributed by atoms with van der Waals surface area (Å²) < 4.78 is 5.11. The molecule has 0 radical (unpaired) electrons. The first-order valence-corrected chi connectivity index (χ1v) is 15.2. The summed E-state index contributed by atoms with van der Waals surface area (Å²) in [6.07, 6.45) is 4.64. The lowest BCUT2D eigenvalue weighted by molar-refractivity contribution is 1.21. The molecule has 194 valence electrons. The van der Waals surface area contributed by atoms with Crippen molar-refractivity contribution in [1.82, 2.24) is 8.96 Å². The van der Waals surface area contributed by atoms with Gasteiger partial charge in [0.2, 0.25) is 0 Å². The van der Waals surface area contributed by atoms with Crippen LogP contribution in [0, 0.1) is 0 Å². The van der Waals surface area contributed by atoms with Gasteiger partial charge in [-0.05, 0) is 91.2 Å². The Kier molecular flexibility index (Phi) is 3.45. The maximum absolute atomic E-state index is 2.62. The first kappa shape index (κ1) is 21.3. The predicted molar refractivity (Wildman–Crippen MR) is 181 cm³/mol. The van der Waals surface area contributed by atoms with E-state index >= 15 is 0 Å². The lowest BCUT2D eigenvalue weighted by Crippen LogP contribution is -2.64. The van der Waals surface area contributed by atoms with E-state index in [0.717, 1.165) is 0 Å². The van der Waals surface area contributed by atoms with Gasteiger partial charge in [0.05, 0.1) is 0 Å². The van der Waals surface area contributed by atoms with Crippen LogP contribution in [0.1, 0.15) is 0 Å². The molecular weight excluding hydrogens is 520 g/mol. The van der Waals surface area contributed by atoms with E-state index in [1.54, 1.807) is 0 Å². The maximum Gasteiger partial charge on any atom is 0.333 e. The number of anilines is 3. The van der Waals surface area contributed by atoms with Crippen molar-refractivity contribution >= 4 is 85.2 Å². The Hall–Kier alpha value is -5.41. The third-order valence-corrected chi connectivity index (χ3v) is 10.7. The normalized spacial score (nSPS) is 14.4. The smallest absolute Gasteiger partial charge is 0.333 e. The molecule has 0 aliphatic carbocycles. The van der Waals surface area contributed by atoms with Gasteiger partial charge in [-0.15, -0.1) is 0 Å². The summed E-state index contributed by atoms with van der Waals surface area (Å²) in [5.74, 6) is 0. The molecule has 43 heavy (non-hydrogen) atoms. The van der Waals surface area contributed by atoms with E-state index in [1.807, 2.05) is 0 Å². The SMILES string of the molecule is c1cc2c3c(c1)N1c4cccc5c4B(c4c1c(cc1ccccc41)B3n1ccc3cccc-2c31)n1ccc2cccc-5c21. The zero-order chi connectivity index (χ0) is 27.6. The zero-order valence-electron chi connectivity index (χ0n) is 23.1. The summed E-state index contributed by atoms with van der Waals surface area (Å²) in [6, 6.07) is 43.6. The average Bonchev–Trinajstić information content (AvgIpc) is 3.69. The number of para-hydroxylation sites is 2. The zero-order valence-corrected chi connectivity index (χ0v) is 23.1. The highest BCUT2D eigenvalue weighted by atomic mass is 15.2. The van der Waals surface area contributed by atoms with Gasteiger partial charge >= 0.3 is 13.7 Å². The van der Waals surface area contributed by atoms with Crippen molar-refractivity contribution in [2.75, 3.05) is 4.90 Å². The van der Waals surface area contributed by atoms with Crippen molar-refractivity contribution in [3.8, 4) is 22.3 Å². The molecule has 0 fully saturated rings. The summed E-state index contributed by atoms with van der Waals surface area (Å²) >= 11 is 0. The largest absolute Gasteiger partial charge is 0.382 e. The number of aromatic nitrogens is 2. The highest BCUT2D eigenvalue weighted by Gasteiger charge is 2.49. The predicted octanol–water partition coefficient (Wildman–Crippen LogP) is 6.11. The van der Waals surface area contributed by atoms with Crippen molar-refractivity contribution in [3.05, 3.63) is 128 Å². The summed E-state index contributed by atoms with van der Waals surface area (Å²) in [7, 11) is 0. The van der Waals surface area contributed by atoms with Crippen LogP contribution < -0.4 is 26.8 Å². The summed E-state index contributed by atoms with van der Waals surface area (Å²) in [6.45, 7) is 0.207. The molecule has 0 amide bonds. The number of hydrogen-bond donors (Lipinski definition) is 0. The third-order valence-electron chi connectivity index (χ3n) is 10.7. The molecular formula is C38H21B2N3. The first-order chi connectivity index (χ1) is 21.4. The van der Waals surface area contributed by atoms with Crippen LogP contribution in [0.15, 0.2) is 128 Å². The van der Waals surface area contributed by atoms with E-state index < -0.39 is 0 Å². The van der Waals surface area contributed by atoms with E-state index in [4.69, 9.17) is 0 Å². The molecule has 6 heterocycles. The molecule has 4 aliphatic rings. The van der Waals surface area contributed by atoms with Gasteiger partial charge in [-0.2, -0.15) is 0 Å². The number of benzene rings is 6. The van der Waals surface area contributed by atoms with Gasteiger partial charge in [-0.3, -0.25) is 0 Å². The van der Waals surface area contributed by atoms with Crippen LogP contribution in [-0.4, -0.2) is 22.7 Å². The minimum absolute atomic E-state index is 0.0972. The Morgan fingerprint density at radius 3 is 1.70 bits per heavy atom. The fraction of sp³-hybridized carbons (Fsp3) is 0. The van der Waals surface area contributed by atoms with E-state index in [0.29, 0.717) is 0 Å². The number of rotatable bonds is 0. The van der Waals surface area contributed by atoms with Crippen LogP contribution in [0.2, 0.25) is 0 Å². The van der Waals surface area contributed by atoms with Gasteiger partial charge in [0.25, 0.3) is 0 Å². The monoisotopic (exact) mass is 541 g/mol. The Balaban J connectivity index is 1.32. The molecule has 3 nitrogen and oxygen atoms in total. The van der Waals surface area contributed by atoms with Crippen LogP contribution in [-0.2, 0) is 0 Å². The van der Waals surface area contributed by atoms with Gasteiger partial charge in [0.1, 0.15) is 0 Å². The van der Waals surface area contributed by atoms with Crippen LogP contribution in [0.4, 0.5) is 17.1 Å². The summed E-state index contributed by atoms with van der Waals surface area (Å²) in [5, 5.41) is 5.26. The van der Waals surface area contributed by atoms with E-state index in [2.05, 4.69) is 142 Å². The second kappa shape index (κ2) is 6.96. The standard InChI is InChI=1S/C38H21B2N3/c1-2-10-25-24(7-1)21-30-38-35(25)40-34-27(29-14-4-9-23-18-20-42(40)37(23)29)12-6-16-32(34)43(38)31-15-5-11-26-28-13-3-8-22-17-19-41(36(22)28)39(30)33(26)31/h1-21H. The van der Waals surface area contributed by atoms with Gasteiger partial charge < -0.3 is 13.9 Å². The number of hydrogen-bond acceptors (Lipinski definition) is 1. The fourth-order valence-electron chi connectivity index (χ4n) is 9.20. The second-order valence-corrected chi connectivity index (χ2v) is 12.5. The molecule has 12 rings (SSSR count). The summed E-state index contributed by atoms with van der Waals surface area (Å²) in [4.78, 5) is 2.62. The van der Waals surface area contributed by atoms with Crippen LogP contribution in [0.25, 0.3) is 54.8 Å². The van der Waals surface area contributed by atoms with Gasteiger partial charge in [0, 0.05) is 39.2 Å². The van der Waals surface area contributed by atoms with E-state index in [1.165, 1.54) is 93.7 Å². The highest BCUT2D eigenvalue weighted by molar-refractivity contribution is 6.95. The van der Waals surface area contributed by atoms with Crippen molar-refractivity contribution in [3.63, 3.8) is 0 Å². The Bertz CT molecular complexity index is 2600. The molecule has 8 aromatic rings. The third kappa shape index (κ3) is 2.25. The molecule has 6 aromatic carbocycles. The van der Waals surface area contributed by atoms with Crippen LogP contribution >= 0.6 is 0 Å². The summed E-state index contributed by atoms with van der Waals surface area (Å²) in [5.41, 5.74) is 17.6. The van der Waals surface area contributed by atoms with E-state index in [-0.39, 0.29) is 13.7 Å². The number of nitrogens with zero attached hydrogens (tertiary/aromatic N) is 3. The van der Waals surface area contributed by atoms with Gasteiger partial charge in [-0.1, -0.05) is 91.0 Å². The molecule has 4 aliphatic heterocycles. The van der Waals surface area contributed by atoms with Crippen molar-refractivity contribution in [1.29, 1.82) is 0 Å². The first-order valence-electron chi connectivity index (χ1n) is 15.2. The average molecular weight is 541 g/mol. The lowest BCUT2D eigenvalue weighted by Gasteiger charge is -2.47. The quantitative estimate of drug-likeness (QED) is 0.211. The second-order valence-electron chi connectivity index (χ2n) is 12.5. The van der Waals surface area contributed by atoms with Crippen molar-refractivity contribution < 1.29 is 0 Å². The topological polar surface area (TPSA) is 13.1 Å². The van der Waals surface area contributed by atoms with Gasteiger partial charge in [0.15, 0.2) is 0 Å². The Morgan fingerprint density at radius 1 is 0.442 bits per heavy atom. The minimum atomic E-state index is 0.0972. The molecule has 2 aromatic heterocycles. The van der Waals surface area contributed by atoms with Crippen molar-refractivity contribution in [2.45, 2.75) is 0 Å².